The minimum absolute atomic E-state index is 0.156. The van der Waals surface area contributed by atoms with Gasteiger partial charge in [0.15, 0.2) is 0 Å². The number of benzene rings is 1. The Hall–Kier alpha value is -2.51. The minimum atomic E-state index is -0.159. The lowest BCUT2D eigenvalue weighted by atomic mass is 10.2. The fourth-order valence-corrected chi connectivity index (χ4v) is 4.70. The number of aryl methyl sites for hydroxylation is 1. The fourth-order valence-electron chi connectivity index (χ4n) is 2.95. The third kappa shape index (κ3) is 3.27. The van der Waals surface area contributed by atoms with Gasteiger partial charge in [0.25, 0.3) is 5.91 Å². The maximum atomic E-state index is 12.6. The summed E-state index contributed by atoms with van der Waals surface area (Å²) in [7, 11) is 0. The van der Waals surface area contributed by atoms with Crippen LogP contribution in [0.5, 0.6) is 0 Å². The molecule has 1 aromatic carbocycles. The van der Waals surface area contributed by atoms with Crippen molar-refractivity contribution < 1.29 is 9.59 Å². The number of amides is 2. The molecule has 1 saturated heterocycles. The number of nitrogens with zero attached hydrogens (tertiary/aromatic N) is 2. The highest BCUT2D eigenvalue weighted by atomic mass is 32.1. The Morgan fingerprint density at radius 3 is 2.69 bits per heavy atom. The zero-order valence-corrected chi connectivity index (χ0v) is 15.8. The fraction of sp³-hybridized carbons (Fsp3) is 0.211. The number of thiazole rings is 1. The average molecular weight is 383 g/mol. The maximum Gasteiger partial charge on any atom is 0.267 e. The second kappa shape index (κ2) is 7.01. The van der Waals surface area contributed by atoms with Crippen LogP contribution >= 0.6 is 22.7 Å². The van der Waals surface area contributed by atoms with E-state index < -0.39 is 0 Å². The average Bonchev–Trinajstić information content (AvgIpc) is 3.36. The van der Waals surface area contributed by atoms with E-state index in [0.29, 0.717) is 17.0 Å². The van der Waals surface area contributed by atoms with Gasteiger partial charge in [-0.2, -0.15) is 0 Å². The molecule has 7 heteroatoms. The third-order valence-electron chi connectivity index (χ3n) is 4.25. The molecule has 0 aliphatic carbocycles. The van der Waals surface area contributed by atoms with Crippen molar-refractivity contribution >= 4 is 45.9 Å². The molecular weight excluding hydrogens is 366 g/mol. The van der Waals surface area contributed by atoms with Gasteiger partial charge in [-0.3, -0.25) is 9.59 Å². The zero-order chi connectivity index (χ0) is 18.1. The number of carbonyl (C=O) groups is 2. The van der Waals surface area contributed by atoms with Crippen molar-refractivity contribution in [3.05, 3.63) is 52.3 Å². The van der Waals surface area contributed by atoms with Crippen LogP contribution in [0.4, 0.5) is 11.4 Å². The molecule has 3 aromatic rings. The number of hydrogen-bond acceptors (Lipinski definition) is 5. The second-order valence-electron chi connectivity index (χ2n) is 6.06. The molecule has 1 aliphatic rings. The van der Waals surface area contributed by atoms with Crippen LogP contribution < -0.4 is 10.2 Å². The second-order valence-corrected chi connectivity index (χ2v) is 8.01. The van der Waals surface area contributed by atoms with E-state index in [-0.39, 0.29) is 11.8 Å². The molecule has 1 fully saturated rings. The van der Waals surface area contributed by atoms with E-state index in [1.807, 2.05) is 48.7 Å². The first kappa shape index (κ1) is 16.9. The van der Waals surface area contributed by atoms with Crippen molar-refractivity contribution in [2.45, 2.75) is 19.8 Å². The molecule has 3 heterocycles. The molecular formula is C19H17N3O2S2. The van der Waals surface area contributed by atoms with Crippen LogP contribution in [0.1, 0.15) is 28.2 Å². The predicted octanol–water partition coefficient (Wildman–Crippen LogP) is 4.56. The van der Waals surface area contributed by atoms with Crippen LogP contribution in [-0.2, 0) is 4.79 Å². The summed E-state index contributed by atoms with van der Waals surface area (Å²) in [6.45, 7) is 2.61. The van der Waals surface area contributed by atoms with Gasteiger partial charge in [-0.15, -0.1) is 22.7 Å². The summed E-state index contributed by atoms with van der Waals surface area (Å²) in [5.41, 5.74) is 2.31. The molecule has 4 rings (SSSR count). The summed E-state index contributed by atoms with van der Waals surface area (Å²) in [5.74, 6) is -0.00372. The lowest BCUT2D eigenvalue weighted by Gasteiger charge is -2.16. The zero-order valence-electron chi connectivity index (χ0n) is 14.2. The molecule has 1 N–H and O–H groups in total. The van der Waals surface area contributed by atoms with Crippen molar-refractivity contribution in [2.75, 3.05) is 16.8 Å². The Kier molecular flexibility index (Phi) is 4.57. The van der Waals surface area contributed by atoms with Gasteiger partial charge in [-0.25, -0.2) is 4.98 Å². The number of aromatic nitrogens is 1. The summed E-state index contributed by atoms with van der Waals surface area (Å²) in [4.78, 5) is 32.4. The number of rotatable bonds is 4. The molecule has 0 atom stereocenters. The first-order valence-corrected chi connectivity index (χ1v) is 10.0. The number of carbonyl (C=O) groups excluding carboxylic acids is 2. The Labute approximate surface area is 159 Å². The number of hydrogen-bond donors (Lipinski definition) is 1. The van der Waals surface area contributed by atoms with Crippen LogP contribution in [0.15, 0.2) is 41.8 Å². The summed E-state index contributed by atoms with van der Waals surface area (Å²) in [6.07, 6.45) is 1.50. The lowest BCUT2D eigenvalue weighted by molar-refractivity contribution is -0.117. The first-order valence-electron chi connectivity index (χ1n) is 8.35. The van der Waals surface area contributed by atoms with Gasteiger partial charge < -0.3 is 10.2 Å². The highest BCUT2D eigenvalue weighted by Crippen LogP contribution is 2.31. The molecule has 0 bridgehead atoms. The van der Waals surface area contributed by atoms with Crippen LogP contribution in [-0.4, -0.2) is 23.3 Å². The van der Waals surface area contributed by atoms with Gasteiger partial charge in [0.1, 0.15) is 9.88 Å². The monoisotopic (exact) mass is 383 g/mol. The first-order chi connectivity index (χ1) is 12.6. The predicted molar refractivity (Wildman–Crippen MR) is 106 cm³/mol. The van der Waals surface area contributed by atoms with Crippen molar-refractivity contribution in [1.82, 2.24) is 4.98 Å². The number of thiophene rings is 1. The normalized spacial score (nSPS) is 14.0. The third-order valence-corrected chi connectivity index (χ3v) is 6.44. The molecule has 0 spiro atoms. The largest absolute Gasteiger partial charge is 0.321 e. The van der Waals surface area contributed by atoms with Gasteiger partial charge in [0, 0.05) is 24.3 Å². The highest BCUT2D eigenvalue weighted by molar-refractivity contribution is 7.22. The van der Waals surface area contributed by atoms with Gasteiger partial charge in [0.2, 0.25) is 5.91 Å². The number of nitrogens with one attached hydrogen (secondary N) is 1. The topological polar surface area (TPSA) is 62.3 Å². The van der Waals surface area contributed by atoms with E-state index in [2.05, 4.69) is 10.3 Å². The SMILES string of the molecule is Cc1nc(-c2cccs2)sc1C(=O)Nc1ccc(N2CCCC2=O)cc1. The van der Waals surface area contributed by atoms with E-state index in [1.165, 1.54) is 11.3 Å². The molecule has 0 radical (unpaired) electrons. The molecule has 1 aliphatic heterocycles. The Bertz CT molecular complexity index is 946. The smallest absolute Gasteiger partial charge is 0.267 e. The standard InChI is InChI=1S/C19H17N3O2S2/c1-12-17(26-19(20-12)15-4-3-11-25-15)18(24)21-13-6-8-14(9-7-13)22-10-2-5-16(22)23/h3-4,6-9,11H,2,5,10H2,1H3,(H,21,24). The van der Waals surface area contributed by atoms with E-state index >= 15 is 0 Å². The van der Waals surface area contributed by atoms with E-state index in [1.54, 1.807) is 16.2 Å². The summed E-state index contributed by atoms with van der Waals surface area (Å²) in [6, 6.07) is 11.4. The van der Waals surface area contributed by atoms with Crippen molar-refractivity contribution in [3.8, 4) is 9.88 Å². The van der Waals surface area contributed by atoms with Crippen molar-refractivity contribution in [2.24, 2.45) is 0 Å². The molecule has 0 saturated carbocycles. The molecule has 0 unspecified atom stereocenters. The Morgan fingerprint density at radius 2 is 2.04 bits per heavy atom. The maximum absolute atomic E-state index is 12.6. The van der Waals surface area contributed by atoms with Crippen LogP contribution in [0.25, 0.3) is 9.88 Å². The Balaban J connectivity index is 1.49. The van der Waals surface area contributed by atoms with Crippen LogP contribution in [0, 0.1) is 6.92 Å². The van der Waals surface area contributed by atoms with Gasteiger partial charge in [-0.05, 0) is 49.1 Å². The minimum Gasteiger partial charge on any atom is -0.321 e. The molecule has 2 amide bonds. The van der Waals surface area contributed by atoms with Gasteiger partial charge >= 0.3 is 0 Å². The molecule has 26 heavy (non-hydrogen) atoms. The summed E-state index contributed by atoms with van der Waals surface area (Å²) in [5, 5.41) is 5.78. The highest BCUT2D eigenvalue weighted by Gasteiger charge is 2.22. The van der Waals surface area contributed by atoms with Crippen molar-refractivity contribution in [3.63, 3.8) is 0 Å². The van der Waals surface area contributed by atoms with Crippen LogP contribution in [0.2, 0.25) is 0 Å². The van der Waals surface area contributed by atoms with Crippen LogP contribution in [0.3, 0.4) is 0 Å². The van der Waals surface area contributed by atoms with E-state index in [4.69, 9.17) is 0 Å². The molecule has 132 valence electrons. The Morgan fingerprint density at radius 1 is 1.23 bits per heavy atom. The van der Waals surface area contributed by atoms with Gasteiger partial charge in [0.05, 0.1) is 10.6 Å². The van der Waals surface area contributed by atoms with Crippen molar-refractivity contribution in [1.29, 1.82) is 0 Å². The summed E-state index contributed by atoms with van der Waals surface area (Å²) < 4.78 is 0. The quantitative estimate of drug-likeness (QED) is 0.718. The lowest BCUT2D eigenvalue weighted by Crippen LogP contribution is -2.23. The van der Waals surface area contributed by atoms with Gasteiger partial charge in [-0.1, -0.05) is 6.07 Å². The molecule has 2 aromatic heterocycles. The summed E-state index contributed by atoms with van der Waals surface area (Å²) >= 11 is 3.01. The molecule has 5 nitrogen and oxygen atoms in total. The van der Waals surface area contributed by atoms with E-state index in [0.717, 1.165) is 34.2 Å². The van der Waals surface area contributed by atoms with E-state index in [9.17, 15) is 9.59 Å². The number of anilines is 2.